The second-order valence-corrected chi connectivity index (χ2v) is 6.69. The molecule has 0 spiro atoms. The van der Waals surface area contributed by atoms with E-state index in [0.717, 1.165) is 28.3 Å². The van der Waals surface area contributed by atoms with E-state index in [9.17, 15) is 17.2 Å². The number of para-hydroxylation sites is 1. The molecule has 6 nitrogen and oxygen atoms in total. The molecule has 1 N–H and O–H groups in total. The molecule has 0 aliphatic carbocycles. The van der Waals surface area contributed by atoms with Crippen molar-refractivity contribution in [3.8, 4) is 0 Å². The molecule has 10 heteroatoms. The molecule has 0 aliphatic rings. The summed E-state index contributed by atoms with van der Waals surface area (Å²) in [4.78, 5) is 3.83. The molecule has 0 bridgehead atoms. The van der Waals surface area contributed by atoms with E-state index in [-0.39, 0.29) is 10.8 Å². The molecule has 23 heavy (non-hydrogen) atoms. The third-order valence-corrected chi connectivity index (χ3v) is 4.35. The van der Waals surface area contributed by atoms with Crippen molar-refractivity contribution >= 4 is 33.0 Å². The Labute approximate surface area is 134 Å². The maximum absolute atomic E-state index is 13.6. The fourth-order valence-electron chi connectivity index (χ4n) is 1.94. The Kier molecular flexibility index (Phi) is 3.69. The maximum Gasteiger partial charge on any atom is 0.299 e. The molecule has 0 amide bonds. The van der Waals surface area contributed by atoms with Crippen LogP contribution >= 0.6 is 11.6 Å². The zero-order chi connectivity index (χ0) is 16.8. The summed E-state index contributed by atoms with van der Waals surface area (Å²) >= 11 is 5.96. The summed E-state index contributed by atoms with van der Waals surface area (Å²) in [5.41, 5.74) is 0.157. The zero-order valence-corrected chi connectivity index (χ0v) is 13.2. The molecule has 0 aliphatic heterocycles. The molecular formula is C13H9ClF2N4O2S. The van der Waals surface area contributed by atoms with Gasteiger partial charge in [-0.1, -0.05) is 17.7 Å². The predicted molar refractivity (Wildman–Crippen MR) is 79.9 cm³/mol. The summed E-state index contributed by atoms with van der Waals surface area (Å²) in [5.74, 6) is -2.10. The van der Waals surface area contributed by atoms with E-state index in [4.69, 9.17) is 11.6 Å². The van der Waals surface area contributed by atoms with Crippen LogP contribution in [0.25, 0.3) is 5.65 Å². The highest BCUT2D eigenvalue weighted by atomic mass is 35.5. The minimum atomic E-state index is -4.38. The van der Waals surface area contributed by atoms with Gasteiger partial charge in [0.05, 0.1) is 0 Å². The zero-order valence-electron chi connectivity index (χ0n) is 11.6. The first-order valence-corrected chi connectivity index (χ1v) is 8.14. The largest absolute Gasteiger partial charge is 0.299 e. The number of rotatable bonds is 3. The fourth-order valence-corrected chi connectivity index (χ4v) is 3.19. The molecule has 0 radical (unpaired) electrons. The summed E-state index contributed by atoms with van der Waals surface area (Å²) in [6, 6.07) is 6.12. The Hall–Kier alpha value is -2.26. The summed E-state index contributed by atoms with van der Waals surface area (Å²) in [5, 5.41) is 3.27. The SMILES string of the molecule is Cc1cc(Cl)n2nc(S(=O)(=O)Nc3c(F)cccc3F)nc2c1. The normalized spacial score (nSPS) is 11.8. The van der Waals surface area contributed by atoms with Crippen LogP contribution in [0.3, 0.4) is 0 Å². The average Bonchev–Trinajstić information content (AvgIpc) is 2.88. The van der Waals surface area contributed by atoms with Crippen molar-refractivity contribution in [3.05, 3.63) is 52.7 Å². The van der Waals surface area contributed by atoms with Gasteiger partial charge in [-0.2, -0.15) is 13.4 Å². The van der Waals surface area contributed by atoms with Gasteiger partial charge in [-0.05, 0) is 36.8 Å². The molecule has 2 aromatic heterocycles. The van der Waals surface area contributed by atoms with Crippen molar-refractivity contribution < 1.29 is 17.2 Å². The lowest BCUT2D eigenvalue weighted by molar-refractivity contribution is 0.579. The van der Waals surface area contributed by atoms with Crippen molar-refractivity contribution in [2.45, 2.75) is 12.1 Å². The quantitative estimate of drug-likeness (QED) is 0.730. The highest BCUT2D eigenvalue weighted by Gasteiger charge is 2.24. The van der Waals surface area contributed by atoms with E-state index < -0.39 is 32.5 Å². The molecule has 0 saturated heterocycles. The first-order valence-electron chi connectivity index (χ1n) is 6.28. The van der Waals surface area contributed by atoms with Crippen LogP contribution in [0.5, 0.6) is 0 Å². The van der Waals surface area contributed by atoms with Crippen LogP contribution in [0.2, 0.25) is 5.15 Å². The first-order chi connectivity index (χ1) is 10.8. The lowest BCUT2D eigenvalue weighted by Gasteiger charge is -2.06. The molecule has 1 aromatic carbocycles. The number of nitrogens with zero attached hydrogens (tertiary/aromatic N) is 3. The third-order valence-electron chi connectivity index (χ3n) is 2.96. The van der Waals surface area contributed by atoms with Crippen LogP contribution in [-0.4, -0.2) is 23.0 Å². The van der Waals surface area contributed by atoms with E-state index in [0.29, 0.717) is 0 Å². The summed E-state index contributed by atoms with van der Waals surface area (Å²) in [6.07, 6.45) is 0. The number of nitrogens with one attached hydrogen (secondary N) is 1. The number of aromatic nitrogens is 3. The van der Waals surface area contributed by atoms with E-state index in [1.54, 1.807) is 23.8 Å². The van der Waals surface area contributed by atoms with E-state index in [1.807, 2.05) is 0 Å². The second kappa shape index (κ2) is 5.43. The van der Waals surface area contributed by atoms with Crippen molar-refractivity contribution in [2.75, 3.05) is 4.72 Å². The Morgan fingerprint density at radius 2 is 1.87 bits per heavy atom. The molecule has 0 unspecified atom stereocenters. The molecule has 120 valence electrons. The Bertz CT molecular complexity index is 1000. The minimum Gasteiger partial charge on any atom is -0.271 e. The molecule has 0 saturated carbocycles. The Balaban J connectivity index is 2.08. The summed E-state index contributed by atoms with van der Waals surface area (Å²) < 4.78 is 54.6. The van der Waals surface area contributed by atoms with E-state index in [2.05, 4.69) is 10.1 Å². The average molecular weight is 359 g/mol. The van der Waals surface area contributed by atoms with Crippen LogP contribution in [0.4, 0.5) is 14.5 Å². The molecule has 2 heterocycles. The van der Waals surface area contributed by atoms with Gasteiger partial charge >= 0.3 is 0 Å². The third kappa shape index (κ3) is 2.84. The topological polar surface area (TPSA) is 76.4 Å². The number of sulfonamides is 1. The van der Waals surface area contributed by atoms with Gasteiger partial charge in [0.1, 0.15) is 22.5 Å². The highest BCUT2D eigenvalue weighted by Crippen LogP contribution is 2.22. The molecule has 0 atom stereocenters. The number of halogens is 3. The van der Waals surface area contributed by atoms with Gasteiger partial charge in [-0.3, -0.25) is 4.72 Å². The van der Waals surface area contributed by atoms with Crippen molar-refractivity contribution in [1.29, 1.82) is 0 Å². The van der Waals surface area contributed by atoms with Gasteiger partial charge < -0.3 is 0 Å². The lowest BCUT2D eigenvalue weighted by atomic mass is 10.3. The first kappa shape index (κ1) is 15.6. The van der Waals surface area contributed by atoms with Crippen molar-refractivity contribution in [2.24, 2.45) is 0 Å². The molecule has 0 fully saturated rings. The molecule has 3 aromatic rings. The van der Waals surface area contributed by atoms with Crippen LogP contribution in [0.15, 0.2) is 35.5 Å². The number of hydrogen-bond donors (Lipinski definition) is 1. The van der Waals surface area contributed by atoms with Gasteiger partial charge in [-0.15, -0.1) is 5.10 Å². The van der Waals surface area contributed by atoms with E-state index >= 15 is 0 Å². The summed E-state index contributed by atoms with van der Waals surface area (Å²) in [7, 11) is -4.38. The van der Waals surface area contributed by atoms with Gasteiger partial charge in [0.2, 0.25) is 0 Å². The van der Waals surface area contributed by atoms with E-state index in [1.165, 1.54) is 0 Å². The Morgan fingerprint density at radius 1 is 1.22 bits per heavy atom. The molecule has 3 rings (SSSR count). The number of fused-ring (bicyclic) bond motifs is 1. The van der Waals surface area contributed by atoms with Gasteiger partial charge in [0.15, 0.2) is 5.65 Å². The van der Waals surface area contributed by atoms with Gasteiger partial charge in [0.25, 0.3) is 15.2 Å². The highest BCUT2D eigenvalue weighted by molar-refractivity contribution is 7.92. The van der Waals surface area contributed by atoms with Crippen molar-refractivity contribution in [3.63, 3.8) is 0 Å². The smallest absolute Gasteiger partial charge is 0.271 e. The standard InChI is InChI=1S/C13H9ClF2N4O2S/c1-7-5-10(14)20-11(6-7)17-13(18-20)23(21,22)19-12-8(15)3-2-4-9(12)16/h2-6,19H,1H3. The number of aryl methyl sites for hydroxylation is 1. The monoisotopic (exact) mass is 358 g/mol. The second-order valence-electron chi connectivity index (χ2n) is 4.72. The predicted octanol–water partition coefficient (Wildman–Crippen LogP) is 2.77. The van der Waals surface area contributed by atoms with Crippen LogP contribution in [0, 0.1) is 18.6 Å². The summed E-state index contributed by atoms with van der Waals surface area (Å²) in [6.45, 7) is 1.75. The lowest BCUT2D eigenvalue weighted by Crippen LogP contribution is -2.16. The number of pyridine rings is 1. The van der Waals surface area contributed by atoms with Crippen LogP contribution in [0.1, 0.15) is 5.56 Å². The fraction of sp³-hybridized carbons (Fsp3) is 0.0769. The number of anilines is 1. The number of hydrogen-bond acceptors (Lipinski definition) is 4. The van der Waals surface area contributed by atoms with Crippen LogP contribution in [-0.2, 0) is 10.0 Å². The molecular weight excluding hydrogens is 350 g/mol. The Morgan fingerprint density at radius 3 is 2.52 bits per heavy atom. The van der Waals surface area contributed by atoms with Gasteiger partial charge in [-0.25, -0.2) is 13.3 Å². The van der Waals surface area contributed by atoms with Gasteiger partial charge in [0, 0.05) is 0 Å². The minimum absolute atomic E-state index is 0.158. The number of benzene rings is 1. The van der Waals surface area contributed by atoms with Crippen molar-refractivity contribution in [1.82, 2.24) is 14.6 Å². The van der Waals surface area contributed by atoms with Crippen LogP contribution < -0.4 is 4.72 Å². The maximum atomic E-state index is 13.6.